The first kappa shape index (κ1) is 14.2. The van der Waals surface area contributed by atoms with Gasteiger partial charge in [-0.25, -0.2) is 9.78 Å². The van der Waals surface area contributed by atoms with Crippen molar-refractivity contribution < 1.29 is 9.53 Å². The Hall–Kier alpha value is -1.17. The zero-order valence-corrected chi connectivity index (χ0v) is 12.5. The Labute approximate surface area is 117 Å². The van der Waals surface area contributed by atoms with Crippen LogP contribution in [0.25, 0.3) is 0 Å². The zero-order valence-electron chi connectivity index (χ0n) is 11.7. The third-order valence-corrected chi connectivity index (χ3v) is 5.37. The predicted octanol–water partition coefficient (Wildman–Crippen LogP) is 2.24. The third-order valence-electron chi connectivity index (χ3n) is 3.97. The van der Waals surface area contributed by atoms with Crippen molar-refractivity contribution in [3.05, 3.63) is 11.5 Å². The van der Waals surface area contributed by atoms with E-state index >= 15 is 0 Å². The number of carbonyl (C=O) groups is 1. The lowest BCUT2D eigenvalue weighted by Crippen LogP contribution is -2.28. The number of hydrogen-bond acceptors (Lipinski definition) is 5. The number of nitrogen functional groups attached to an aromatic ring is 1. The molecule has 0 aromatic carbocycles. The van der Waals surface area contributed by atoms with Gasteiger partial charge in [0.1, 0.15) is 11.6 Å². The number of carbonyl (C=O) groups excluding carboxylic acids is 1. The highest BCUT2D eigenvalue weighted by Crippen LogP contribution is 2.42. The van der Waals surface area contributed by atoms with Crippen LogP contribution in [0.2, 0.25) is 0 Å². The summed E-state index contributed by atoms with van der Waals surface area (Å²) in [7, 11) is 1.34. The fraction of sp³-hybridized carbons (Fsp3) is 0.692. The average molecular weight is 283 g/mol. The Balaban J connectivity index is 2.30. The van der Waals surface area contributed by atoms with Crippen LogP contribution in [-0.2, 0) is 11.3 Å². The maximum absolute atomic E-state index is 11.6. The summed E-state index contributed by atoms with van der Waals surface area (Å²) in [6.07, 6.45) is 7.06. The van der Waals surface area contributed by atoms with Crippen LogP contribution in [0.4, 0.5) is 5.82 Å². The number of nitrogens with two attached hydrogens (primary N) is 1. The van der Waals surface area contributed by atoms with Crippen molar-refractivity contribution in [1.82, 2.24) is 9.55 Å². The van der Waals surface area contributed by atoms with E-state index in [4.69, 9.17) is 10.5 Å². The maximum atomic E-state index is 11.6. The number of imidazole rings is 1. The van der Waals surface area contributed by atoms with E-state index < -0.39 is 5.97 Å². The van der Waals surface area contributed by atoms with Gasteiger partial charge in [0.2, 0.25) is 0 Å². The number of hydrogen-bond donors (Lipinski definition) is 1. The van der Waals surface area contributed by atoms with E-state index in [1.54, 1.807) is 0 Å². The van der Waals surface area contributed by atoms with Gasteiger partial charge in [-0.3, -0.25) is 0 Å². The number of nitrogens with zero attached hydrogens (tertiary/aromatic N) is 2. The normalized spacial score (nSPS) is 17.6. The van der Waals surface area contributed by atoms with Crippen LogP contribution >= 0.6 is 11.8 Å². The Bertz CT molecular complexity index is 478. The first-order chi connectivity index (χ1) is 9.03. The van der Waals surface area contributed by atoms with E-state index in [-0.39, 0.29) is 10.4 Å². The topological polar surface area (TPSA) is 70.1 Å². The fourth-order valence-corrected chi connectivity index (χ4v) is 3.72. The fourth-order valence-electron chi connectivity index (χ4n) is 2.76. The molecular formula is C13H21N3O2S. The lowest BCUT2D eigenvalue weighted by molar-refractivity contribution is 0.0595. The van der Waals surface area contributed by atoms with Gasteiger partial charge >= 0.3 is 5.97 Å². The van der Waals surface area contributed by atoms with Crippen molar-refractivity contribution in [1.29, 1.82) is 0 Å². The molecule has 0 amide bonds. The molecule has 1 aromatic heterocycles. The third kappa shape index (κ3) is 2.59. The van der Waals surface area contributed by atoms with Gasteiger partial charge in [0.25, 0.3) is 0 Å². The van der Waals surface area contributed by atoms with Gasteiger partial charge < -0.3 is 15.0 Å². The molecule has 0 radical (unpaired) electrons. The van der Waals surface area contributed by atoms with Crippen LogP contribution in [0.5, 0.6) is 0 Å². The Morgan fingerprint density at radius 1 is 1.53 bits per heavy atom. The molecule has 1 aromatic rings. The van der Waals surface area contributed by atoms with Gasteiger partial charge in [-0.1, -0.05) is 12.8 Å². The summed E-state index contributed by atoms with van der Waals surface area (Å²) in [5.74, 6) is 0.729. The minimum absolute atomic E-state index is 0.229. The quantitative estimate of drug-likeness (QED) is 0.858. The van der Waals surface area contributed by atoms with E-state index in [9.17, 15) is 4.79 Å². The smallest absolute Gasteiger partial charge is 0.360 e. The van der Waals surface area contributed by atoms with E-state index in [0.29, 0.717) is 5.82 Å². The van der Waals surface area contributed by atoms with Gasteiger partial charge in [0, 0.05) is 11.3 Å². The van der Waals surface area contributed by atoms with E-state index in [1.807, 2.05) is 23.3 Å². The minimum atomic E-state index is -0.469. The van der Waals surface area contributed by atoms with Gasteiger partial charge in [-0.15, -0.1) is 0 Å². The van der Waals surface area contributed by atoms with E-state index in [1.165, 1.54) is 32.8 Å². The number of thioether (sulfide) groups is 1. The number of esters is 1. The summed E-state index contributed by atoms with van der Waals surface area (Å²) >= 11 is 1.90. The lowest BCUT2D eigenvalue weighted by atomic mass is 10.1. The maximum Gasteiger partial charge on any atom is 0.360 e. The second kappa shape index (κ2) is 5.45. The first-order valence-electron chi connectivity index (χ1n) is 6.49. The van der Waals surface area contributed by atoms with Crippen molar-refractivity contribution >= 4 is 23.5 Å². The highest BCUT2D eigenvalue weighted by atomic mass is 32.2. The van der Waals surface area contributed by atoms with Gasteiger partial charge in [0.15, 0.2) is 5.69 Å². The van der Waals surface area contributed by atoms with Crippen molar-refractivity contribution in [3.63, 3.8) is 0 Å². The summed E-state index contributed by atoms with van der Waals surface area (Å²) in [5.41, 5.74) is 6.29. The average Bonchev–Trinajstić information content (AvgIpc) is 2.99. The van der Waals surface area contributed by atoms with Crippen LogP contribution in [0.1, 0.15) is 42.0 Å². The Kier molecular flexibility index (Phi) is 4.08. The molecule has 1 fully saturated rings. The van der Waals surface area contributed by atoms with Crippen LogP contribution in [0, 0.1) is 6.92 Å². The predicted molar refractivity (Wildman–Crippen MR) is 77.4 cm³/mol. The second-order valence-electron chi connectivity index (χ2n) is 5.06. The molecule has 0 atom stereocenters. The van der Waals surface area contributed by atoms with Crippen LogP contribution < -0.4 is 5.73 Å². The molecule has 0 saturated heterocycles. The summed E-state index contributed by atoms with van der Waals surface area (Å²) in [4.78, 5) is 15.8. The highest BCUT2D eigenvalue weighted by Gasteiger charge is 2.35. The molecule has 5 nitrogen and oxygen atoms in total. The molecule has 106 valence electrons. The molecule has 1 aliphatic carbocycles. The van der Waals surface area contributed by atoms with E-state index in [0.717, 1.165) is 12.4 Å². The summed E-state index contributed by atoms with van der Waals surface area (Å²) in [6, 6.07) is 0. The van der Waals surface area contributed by atoms with Gasteiger partial charge in [-0.2, -0.15) is 11.8 Å². The first-order valence-corrected chi connectivity index (χ1v) is 7.71. The molecule has 0 aliphatic heterocycles. The molecule has 1 heterocycles. The number of ether oxygens (including phenoxy) is 1. The number of methoxy groups -OCH3 is 1. The van der Waals surface area contributed by atoms with Crippen LogP contribution in [0.15, 0.2) is 0 Å². The number of aromatic nitrogens is 2. The van der Waals surface area contributed by atoms with Crippen molar-refractivity contribution in [2.45, 2.75) is 43.9 Å². The summed E-state index contributed by atoms with van der Waals surface area (Å²) in [6.45, 7) is 2.70. The lowest BCUT2D eigenvalue weighted by Gasteiger charge is -2.28. The van der Waals surface area contributed by atoms with Crippen molar-refractivity contribution in [2.75, 3.05) is 19.1 Å². The standard InChI is InChI=1S/C13H21N3O2S/c1-9-15-10(12(17)18-2)11(14)16(9)8-13(19-3)6-4-5-7-13/h4-8,14H2,1-3H3. The monoisotopic (exact) mass is 283 g/mol. The molecule has 0 bridgehead atoms. The number of anilines is 1. The summed E-state index contributed by atoms with van der Waals surface area (Å²) < 4.78 is 6.89. The van der Waals surface area contributed by atoms with Crippen molar-refractivity contribution in [2.24, 2.45) is 0 Å². The van der Waals surface area contributed by atoms with E-state index in [2.05, 4.69) is 11.2 Å². The van der Waals surface area contributed by atoms with Gasteiger partial charge in [0.05, 0.1) is 7.11 Å². The van der Waals surface area contributed by atoms with Gasteiger partial charge in [-0.05, 0) is 26.0 Å². The molecule has 0 unspecified atom stereocenters. The molecule has 1 aliphatic rings. The minimum Gasteiger partial charge on any atom is -0.464 e. The molecular weight excluding hydrogens is 262 g/mol. The Morgan fingerprint density at radius 2 is 2.16 bits per heavy atom. The summed E-state index contributed by atoms with van der Waals surface area (Å²) in [5, 5.41) is 0. The number of aryl methyl sites for hydroxylation is 1. The van der Waals surface area contributed by atoms with Crippen molar-refractivity contribution in [3.8, 4) is 0 Å². The molecule has 0 spiro atoms. The SMILES string of the molecule is COC(=O)c1nc(C)n(CC2(SC)CCCC2)c1N. The Morgan fingerprint density at radius 3 is 2.68 bits per heavy atom. The molecule has 2 rings (SSSR count). The molecule has 6 heteroatoms. The molecule has 1 saturated carbocycles. The molecule has 2 N–H and O–H groups in total. The second-order valence-corrected chi connectivity index (χ2v) is 6.34. The van der Waals surface area contributed by atoms with Crippen LogP contribution in [0.3, 0.4) is 0 Å². The molecule has 19 heavy (non-hydrogen) atoms. The highest BCUT2D eigenvalue weighted by molar-refractivity contribution is 8.00. The largest absolute Gasteiger partial charge is 0.464 e. The van der Waals surface area contributed by atoms with Crippen LogP contribution in [-0.4, -0.2) is 33.6 Å². The zero-order chi connectivity index (χ0) is 14.0. The number of rotatable bonds is 4.